The maximum absolute atomic E-state index is 13.5. The maximum Gasteiger partial charge on any atom is 0.169 e. The molecule has 0 fully saturated rings. The fourth-order valence-corrected chi connectivity index (χ4v) is 2.25. The molecule has 0 amide bonds. The van der Waals surface area contributed by atoms with E-state index in [0.717, 1.165) is 0 Å². The van der Waals surface area contributed by atoms with E-state index < -0.39 is 0 Å². The van der Waals surface area contributed by atoms with Crippen molar-refractivity contribution in [2.24, 2.45) is 0 Å². The lowest BCUT2D eigenvalue weighted by atomic mass is 10.2. The Balaban J connectivity index is 2.49. The Labute approximate surface area is 97.9 Å². The second-order valence-corrected chi connectivity index (χ2v) is 4.59. The van der Waals surface area contributed by atoms with Crippen LogP contribution in [0.1, 0.15) is 10.5 Å². The summed E-state index contributed by atoms with van der Waals surface area (Å²) in [4.78, 5) is 14.4. The first kappa shape index (κ1) is 10.4. The number of carbonyl (C=O) groups excluding carboxylic acids is 1. The van der Waals surface area contributed by atoms with E-state index in [1.807, 2.05) is 0 Å². The number of hydrogen-bond donors (Lipinski definition) is 0. The molecule has 1 heterocycles. The number of nitrogens with zero attached hydrogens (tertiary/aromatic N) is 1. The van der Waals surface area contributed by atoms with E-state index in [9.17, 15) is 9.18 Å². The van der Waals surface area contributed by atoms with Gasteiger partial charge < -0.3 is 0 Å². The number of thiazole rings is 1. The molecule has 0 radical (unpaired) electrons. The van der Waals surface area contributed by atoms with Crippen molar-refractivity contribution in [1.29, 1.82) is 0 Å². The summed E-state index contributed by atoms with van der Waals surface area (Å²) in [5.41, 5.74) is 0.744. The topological polar surface area (TPSA) is 30.0 Å². The Bertz CT molecular complexity index is 512. The van der Waals surface area contributed by atoms with Gasteiger partial charge in [-0.05, 0) is 18.2 Å². The quantitative estimate of drug-likeness (QED) is 0.790. The first-order chi connectivity index (χ1) is 7.20. The Hall–Kier alpha value is -1.07. The molecule has 2 nitrogen and oxygen atoms in total. The molecule has 0 saturated carbocycles. The van der Waals surface area contributed by atoms with Gasteiger partial charge in [0.15, 0.2) is 6.29 Å². The van der Waals surface area contributed by atoms with Crippen molar-refractivity contribution in [1.82, 2.24) is 4.98 Å². The van der Waals surface area contributed by atoms with Gasteiger partial charge in [-0.2, -0.15) is 0 Å². The molecular weight excluding hydrogens is 281 g/mol. The molecule has 0 N–H and O–H groups in total. The standard InChI is InChI=1S/C10H5BrFNOS/c11-6-1-2-8(9(12)3-6)10-13-7(4-14)5-15-10/h1-5H. The predicted molar refractivity (Wildman–Crippen MR) is 60.6 cm³/mol. The lowest BCUT2D eigenvalue weighted by molar-refractivity contribution is 0.111. The Morgan fingerprint density at radius 2 is 2.27 bits per heavy atom. The van der Waals surface area contributed by atoms with Crippen LogP contribution >= 0.6 is 27.3 Å². The lowest BCUT2D eigenvalue weighted by Crippen LogP contribution is -1.84. The number of rotatable bonds is 2. The highest BCUT2D eigenvalue weighted by molar-refractivity contribution is 9.10. The summed E-state index contributed by atoms with van der Waals surface area (Å²) in [5, 5.41) is 2.12. The highest BCUT2D eigenvalue weighted by atomic mass is 79.9. The van der Waals surface area contributed by atoms with Gasteiger partial charge in [0.1, 0.15) is 16.5 Å². The Morgan fingerprint density at radius 1 is 1.47 bits per heavy atom. The van der Waals surface area contributed by atoms with E-state index in [0.29, 0.717) is 27.0 Å². The molecule has 0 bridgehead atoms. The van der Waals surface area contributed by atoms with Gasteiger partial charge in [0.25, 0.3) is 0 Å². The van der Waals surface area contributed by atoms with E-state index in [4.69, 9.17) is 0 Å². The monoisotopic (exact) mass is 285 g/mol. The second kappa shape index (κ2) is 4.20. The summed E-state index contributed by atoms with van der Waals surface area (Å²) in [7, 11) is 0. The highest BCUT2D eigenvalue weighted by Crippen LogP contribution is 2.27. The van der Waals surface area contributed by atoms with Crippen LogP contribution in [0.2, 0.25) is 0 Å². The van der Waals surface area contributed by atoms with E-state index in [2.05, 4.69) is 20.9 Å². The molecule has 76 valence electrons. The van der Waals surface area contributed by atoms with Crippen molar-refractivity contribution in [2.75, 3.05) is 0 Å². The molecule has 0 spiro atoms. The third kappa shape index (κ3) is 2.13. The second-order valence-electron chi connectivity index (χ2n) is 2.82. The number of halogens is 2. The SMILES string of the molecule is O=Cc1csc(-c2ccc(Br)cc2F)n1. The van der Waals surface area contributed by atoms with Crippen LogP contribution in [-0.4, -0.2) is 11.3 Å². The third-order valence-electron chi connectivity index (χ3n) is 1.80. The summed E-state index contributed by atoms with van der Waals surface area (Å²) in [5.74, 6) is -0.351. The van der Waals surface area contributed by atoms with Crippen LogP contribution in [0.15, 0.2) is 28.1 Å². The van der Waals surface area contributed by atoms with Crippen molar-refractivity contribution in [2.45, 2.75) is 0 Å². The molecule has 2 rings (SSSR count). The van der Waals surface area contributed by atoms with Crippen LogP contribution in [-0.2, 0) is 0 Å². The zero-order chi connectivity index (χ0) is 10.8. The summed E-state index contributed by atoms with van der Waals surface area (Å²) >= 11 is 4.42. The van der Waals surface area contributed by atoms with Crippen LogP contribution in [0, 0.1) is 5.82 Å². The van der Waals surface area contributed by atoms with E-state index in [-0.39, 0.29) is 5.82 Å². The maximum atomic E-state index is 13.5. The lowest BCUT2D eigenvalue weighted by Gasteiger charge is -1.98. The number of carbonyl (C=O) groups is 1. The fraction of sp³-hybridized carbons (Fsp3) is 0. The van der Waals surface area contributed by atoms with Gasteiger partial charge in [-0.1, -0.05) is 15.9 Å². The summed E-state index contributed by atoms with van der Waals surface area (Å²) in [6, 6.07) is 4.74. The van der Waals surface area contributed by atoms with Crippen molar-refractivity contribution in [3.63, 3.8) is 0 Å². The van der Waals surface area contributed by atoms with Gasteiger partial charge in [0, 0.05) is 15.4 Å². The minimum Gasteiger partial charge on any atom is -0.296 e. The van der Waals surface area contributed by atoms with E-state index >= 15 is 0 Å². The van der Waals surface area contributed by atoms with Crippen molar-refractivity contribution in [3.8, 4) is 10.6 Å². The highest BCUT2D eigenvalue weighted by Gasteiger charge is 2.09. The molecule has 1 aromatic carbocycles. The van der Waals surface area contributed by atoms with Crippen LogP contribution in [0.25, 0.3) is 10.6 Å². The number of hydrogen-bond acceptors (Lipinski definition) is 3. The average molecular weight is 286 g/mol. The van der Waals surface area contributed by atoms with Crippen molar-refractivity contribution >= 4 is 33.6 Å². The molecule has 0 aliphatic rings. The number of benzene rings is 1. The van der Waals surface area contributed by atoms with Crippen LogP contribution in [0.3, 0.4) is 0 Å². The summed E-state index contributed by atoms with van der Waals surface area (Å²) in [6.45, 7) is 0. The molecule has 0 unspecified atom stereocenters. The Kier molecular flexibility index (Phi) is 2.93. The van der Waals surface area contributed by atoms with Gasteiger partial charge >= 0.3 is 0 Å². The minimum absolute atomic E-state index is 0.331. The van der Waals surface area contributed by atoms with Crippen molar-refractivity contribution < 1.29 is 9.18 Å². The third-order valence-corrected chi connectivity index (χ3v) is 3.19. The Morgan fingerprint density at radius 3 is 2.87 bits per heavy atom. The van der Waals surface area contributed by atoms with Crippen LogP contribution < -0.4 is 0 Å². The normalized spacial score (nSPS) is 10.3. The average Bonchev–Trinajstić information content (AvgIpc) is 2.66. The first-order valence-electron chi connectivity index (χ1n) is 4.07. The molecule has 1 aromatic heterocycles. The van der Waals surface area contributed by atoms with E-state index in [1.54, 1.807) is 17.5 Å². The first-order valence-corrected chi connectivity index (χ1v) is 5.74. The fourth-order valence-electron chi connectivity index (χ4n) is 1.13. The van der Waals surface area contributed by atoms with Gasteiger partial charge in [-0.25, -0.2) is 9.37 Å². The van der Waals surface area contributed by atoms with Crippen LogP contribution in [0.5, 0.6) is 0 Å². The zero-order valence-corrected chi connectivity index (χ0v) is 9.81. The molecule has 0 aliphatic carbocycles. The molecule has 15 heavy (non-hydrogen) atoms. The summed E-state index contributed by atoms with van der Waals surface area (Å²) < 4.78 is 14.2. The minimum atomic E-state index is -0.351. The molecule has 0 saturated heterocycles. The summed E-state index contributed by atoms with van der Waals surface area (Å²) in [6.07, 6.45) is 0.650. The van der Waals surface area contributed by atoms with E-state index in [1.165, 1.54) is 17.4 Å². The number of aldehydes is 1. The van der Waals surface area contributed by atoms with Gasteiger partial charge in [0.05, 0.1) is 0 Å². The van der Waals surface area contributed by atoms with Gasteiger partial charge in [-0.15, -0.1) is 11.3 Å². The molecule has 2 aromatic rings. The smallest absolute Gasteiger partial charge is 0.169 e. The molecule has 5 heteroatoms. The zero-order valence-electron chi connectivity index (χ0n) is 7.41. The number of aromatic nitrogens is 1. The van der Waals surface area contributed by atoms with Gasteiger partial charge in [-0.3, -0.25) is 4.79 Å². The predicted octanol–water partition coefficient (Wildman–Crippen LogP) is 3.52. The van der Waals surface area contributed by atoms with Crippen LogP contribution in [0.4, 0.5) is 4.39 Å². The van der Waals surface area contributed by atoms with Crippen molar-refractivity contribution in [3.05, 3.63) is 39.6 Å². The molecule has 0 aliphatic heterocycles. The molecule has 0 atom stereocenters. The largest absolute Gasteiger partial charge is 0.296 e. The molecular formula is C10H5BrFNOS. The van der Waals surface area contributed by atoms with Gasteiger partial charge in [0.2, 0.25) is 0 Å².